The van der Waals surface area contributed by atoms with Crippen molar-refractivity contribution in [1.29, 1.82) is 0 Å². The average Bonchev–Trinajstić information content (AvgIpc) is 3.25. The highest BCUT2D eigenvalue weighted by molar-refractivity contribution is 6.04. The van der Waals surface area contributed by atoms with Crippen LogP contribution < -0.4 is 0 Å². The van der Waals surface area contributed by atoms with E-state index in [2.05, 4.69) is 33.2 Å². The lowest BCUT2D eigenvalue weighted by Gasteiger charge is -2.06. The van der Waals surface area contributed by atoms with Crippen LogP contribution in [0.2, 0.25) is 0 Å². The lowest BCUT2D eigenvalue weighted by atomic mass is 9.98. The van der Waals surface area contributed by atoms with Crippen LogP contribution in [-0.4, -0.2) is 34.9 Å². The Morgan fingerprint density at radius 2 is 1.85 bits per heavy atom. The average molecular weight is 347 g/mol. The molecule has 4 rings (SSSR count). The first-order valence-electron chi connectivity index (χ1n) is 8.68. The quantitative estimate of drug-likeness (QED) is 0.568. The number of aryl methyl sites for hydroxylation is 1. The predicted molar refractivity (Wildman–Crippen MR) is 101 cm³/mol. The van der Waals surface area contributed by atoms with E-state index in [-0.39, 0.29) is 0 Å². The number of benzene rings is 1. The molecule has 0 saturated heterocycles. The van der Waals surface area contributed by atoms with E-state index in [0.717, 1.165) is 58.9 Å². The summed E-state index contributed by atoms with van der Waals surface area (Å²) in [6.45, 7) is 0.740. The second-order valence-corrected chi connectivity index (χ2v) is 6.85. The number of rotatable bonds is 4. The van der Waals surface area contributed by atoms with Crippen molar-refractivity contribution < 1.29 is 9.62 Å². The Balaban J connectivity index is 1.82. The Labute approximate surface area is 152 Å². The molecule has 1 N–H and O–H groups in total. The number of aromatic nitrogens is 1. The molecule has 26 heavy (non-hydrogen) atoms. The molecule has 1 aliphatic carbocycles. The van der Waals surface area contributed by atoms with E-state index in [1.807, 2.05) is 32.3 Å². The fraction of sp³-hybridized carbons (Fsp3) is 0.238. The van der Waals surface area contributed by atoms with Gasteiger partial charge < -0.3 is 14.5 Å². The summed E-state index contributed by atoms with van der Waals surface area (Å²) in [5.74, 6) is 1.79. The minimum atomic E-state index is 0.740. The van der Waals surface area contributed by atoms with Crippen molar-refractivity contribution in [3.8, 4) is 22.5 Å². The SMILES string of the molecule is CN(C)Cc1cc(-c2ccc3c(c2)CC/C3=N/O)c(-c2ccncc2)o1. The predicted octanol–water partition coefficient (Wildman–Crippen LogP) is 4.19. The molecule has 3 aromatic rings. The monoisotopic (exact) mass is 347 g/mol. The smallest absolute Gasteiger partial charge is 0.142 e. The Hall–Kier alpha value is -2.92. The number of fused-ring (bicyclic) bond motifs is 1. The molecule has 2 aromatic heterocycles. The largest absolute Gasteiger partial charge is 0.459 e. The van der Waals surface area contributed by atoms with Gasteiger partial charge in [-0.25, -0.2) is 0 Å². The van der Waals surface area contributed by atoms with Gasteiger partial charge in [-0.15, -0.1) is 0 Å². The number of furan rings is 1. The lowest BCUT2D eigenvalue weighted by molar-refractivity contribution is 0.318. The van der Waals surface area contributed by atoms with Crippen molar-refractivity contribution >= 4 is 5.71 Å². The third-order valence-corrected chi connectivity index (χ3v) is 4.68. The van der Waals surface area contributed by atoms with Gasteiger partial charge >= 0.3 is 0 Å². The van der Waals surface area contributed by atoms with Gasteiger partial charge in [0.05, 0.1) is 12.3 Å². The maximum Gasteiger partial charge on any atom is 0.142 e. The molecule has 0 bridgehead atoms. The number of hydrogen-bond acceptors (Lipinski definition) is 5. The molecule has 0 saturated carbocycles. The summed E-state index contributed by atoms with van der Waals surface area (Å²) in [5, 5.41) is 12.6. The molecule has 2 heterocycles. The van der Waals surface area contributed by atoms with Crippen LogP contribution in [-0.2, 0) is 13.0 Å². The highest BCUT2D eigenvalue weighted by Crippen LogP contribution is 2.37. The minimum absolute atomic E-state index is 0.740. The van der Waals surface area contributed by atoms with Gasteiger partial charge in [0.1, 0.15) is 11.5 Å². The molecular formula is C21H21N3O2. The van der Waals surface area contributed by atoms with E-state index >= 15 is 0 Å². The van der Waals surface area contributed by atoms with Crippen LogP contribution in [0.5, 0.6) is 0 Å². The standard InChI is InChI=1S/C21H21N3O2/c1-24(2)13-17-12-19(21(26-17)14-7-9-22-10-8-14)16-3-5-18-15(11-16)4-6-20(18)23-25/h3,5,7-12,25H,4,6,13H2,1-2H3/b23-20-. The van der Waals surface area contributed by atoms with Gasteiger partial charge in [-0.3, -0.25) is 4.98 Å². The van der Waals surface area contributed by atoms with Crippen LogP contribution in [0.15, 0.2) is 58.4 Å². The molecule has 0 unspecified atom stereocenters. The van der Waals surface area contributed by atoms with Crippen LogP contribution in [0.3, 0.4) is 0 Å². The summed E-state index contributed by atoms with van der Waals surface area (Å²) in [5.41, 5.74) is 6.22. The summed E-state index contributed by atoms with van der Waals surface area (Å²) in [4.78, 5) is 6.20. The molecule has 0 atom stereocenters. The van der Waals surface area contributed by atoms with Crippen LogP contribution in [0.4, 0.5) is 0 Å². The van der Waals surface area contributed by atoms with Crippen molar-refractivity contribution in [3.63, 3.8) is 0 Å². The van der Waals surface area contributed by atoms with Crippen molar-refractivity contribution in [3.05, 3.63) is 65.7 Å². The van der Waals surface area contributed by atoms with E-state index in [1.165, 1.54) is 5.56 Å². The summed E-state index contributed by atoms with van der Waals surface area (Å²) in [6, 6.07) is 12.3. The van der Waals surface area contributed by atoms with Crippen LogP contribution in [0, 0.1) is 0 Å². The highest BCUT2D eigenvalue weighted by atomic mass is 16.4. The van der Waals surface area contributed by atoms with E-state index in [0.29, 0.717) is 0 Å². The normalized spacial score (nSPS) is 15.0. The third kappa shape index (κ3) is 3.02. The first-order valence-corrected chi connectivity index (χ1v) is 8.68. The number of pyridine rings is 1. The Bertz CT molecular complexity index is 959. The van der Waals surface area contributed by atoms with Crippen LogP contribution in [0.25, 0.3) is 22.5 Å². The van der Waals surface area contributed by atoms with Gasteiger partial charge in [0.2, 0.25) is 0 Å². The summed E-state index contributed by atoms with van der Waals surface area (Å²) in [6.07, 6.45) is 5.24. The zero-order valence-corrected chi connectivity index (χ0v) is 14.9. The topological polar surface area (TPSA) is 61.9 Å². The van der Waals surface area contributed by atoms with Crippen LogP contribution >= 0.6 is 0 Å². The Kier molecular flexibility index (Phi) is 4.31. The van der Waals surface area contributed by atoms with Gasteiger partial charge in [0.25, 0.3) is 0 Å². The van der Waals surface area contributed by atoms with Gasteiger partial charge in [-0.1, -0.05) is 23.4 Å². The molecule has 0 amide bonds. The molecule has 0 spiro atoms. The van der Waals surface area contributed by atoms with Gasteiger partial charge in [-0.05, 0) is 56.3 Å². The van der Waals surface area contributed by atoms with Gasteiger partial charge in [0.15, 0.2) is 0 Å². The lowest BCUT2D eigenvalue weighted by Crippen LogP contribution is -2.09. The molecule has 5 nitrogen and oxygen atoms in total. The Morgan fingerprint density at radius 1 is 1.04 bits per heavy atom. The van der Waals surface area contributed by atoms with Gasteiger partial charge in [0, 0.05) is 29.1 Å². The minimum Gasteiger partial charge on any atom is -0.459 e. The summed E-state index contributed by atoms with van der Waals surface area (Å²) >= 11 is 0. The maximum absolute atomic E-state index is 9.14. The number of hydrogen-bond donors (Lipinski definition) is 1. The zero-order chi connectivity index (χ0) is 18.1. The highest BCUT2D eigenvalue weighted by Gasteiger charge is 2.21. The molecule has 132 valence electrons. The molecule has 0 aliphatic heterocycles. The number of oxime groups is 1. The summed E-state index contributed by atoms with van der Waals surface area (Å²) < 4.78 is 6.19. The van der Waals surface area contributed by atoms with Crippen LogP contribution in [0.1, 0.15) is 23.3 Å². The molecule has 0 radical (unpaired) electrons. The van der Waals surface area contributed by atoms with E-state index < -0.39 is 0 Å². The van der Waals surface area contributed by atoms with Crippen molar-refractivity contribution in [2.75, 3.05) is 14.1 Å². The molecule has 1 aromatic carbocycles. The maximum atomic E-state index is 9.14. The second kappa shape index (κ2) is 6.77. The van der Waals surface area contributed by atoms with Crippen molar-refractivity contribution in [2.45, 2.75) is 19.4 Å². The first kappa shape index (κ1) is 16.5. The first-order chi connectivity index (χ1) is 12.7. The molecule has 1 aliphatic rings. The third-order valence-electron chi connectivity index (χ3n) is 4.68. The Morgan fingerprint density at radius 3 is 2.58 bits per heavy atom. The van der Waals surface area contributed by atoms with E-state index in [1.54, 1.807) is 12.4 Å². The molecular weight excluding hydrogens is 326 g/mol. The van der Waals surface area contributed by atoms with Gasteiger partial charge in [-0.2, -0.15) is 0 Å². The summed E-state index contributed by atoms with van der Waals surface area (Å²) in [7, 11) is 4.05. The van der Waals surface area contributed by atoms with E-state index in [9.17, 15) is 0 Å². The second-order valence-electron chi connectivity index (χ2n) is 6.85. The van der Waals surface area contributed by atoms with E-state index in [4.69, 9.17) is 9.62 Å². The molecule has 0 fully saturated rings. The zero-order valence-electron chi connectivity index (χ0n) is 14.9. The fourth-order valence-electron chi connectivity index (χ4n) is 3.51. The number of nitrogens with zero attached hydrogens (tertiary/aromatic N) is 3. The van der Waals surface area contributed by atoms with Crippen molar-refractivity contribution in [1.82, 2.24) is 9.88 Å². The molecule has 5 heteroatoms. The fourth-order valence-corrected chi connectivity index (χ4v) is 3.51. The van der Waals surface area contributed by atoms with Crippen molar-refractivity contribution in [2.24, 2.45) is 5.16 Å².